The minimum Gasteiger partial charge on any atom is -0.493 e. The maximum Gasteiger partial charge on any atom is 0.188 e. The highest BCUT2D eigenvalue weighted by atomic mass is 32.1. The van der Waals surface area contributed by atoms with E-state index in [1.54, 1.807) is 25.6 Å². The molecule has 2 rings (SSSR count). The Morgan fingerprint density at radius 3 is 2.71 bits per heavy atom. The van der Waals surface area contributed by atoms with E-state index in [4.69, 9.17) is 15.2 Å². The molecule has 0 aliphatic rings. The first-order valence-electron chi connectivity index (χ1n) is 7.70. The number of aliphatic imine (C=N–C) groups is 1. The summed E-state index contributed by atoms with van der Waals surface area (Å²) in [4.78, 5) is 9.98. The monoisotopic (exact) mass is 348 g/mol. The first-order chi connectivity index (χ1) is 11.5. The highest BCUT2D eigenvalue weighted by Crippen LogP contribution is 2.27. The lowest BCUT2D eigenvalue weighted by Crippen LogP contribution is -2.34. The number of aromatic nitrogens is 1. The van der Waals surface area contributed by atoms with E-state index in [0.29, 0.717) is 36.5 Å². The molecule has 2 aromatic rings. The van der Waals surface area contributed by atoms with Gasteiger partial charge in [-0.1, -0.05) is 13.0 Å². The molecule has 6 nitrogen and oxygen atoms in total. The van der Waals surface area contributed by atoms with Crippen molar-refractivity contribution in [3.8, 4) is 11.5 Å². The third kappa shape index (κ3) is 4.86. The molecule has 0 radical (unpaired) electrons. The predicted molar refractivity (Wildman–Crippen MR) is 98.1 cm³/mol. The highest BCUT2D eigenvalue weighted by molar-refractivity contribution is 7.11. The van der Waals surface area contributed by atoms with Crippen molar-refractivity contribution in [2.24, 2.45) is 10.7 Å². The van der Waals surface area contributed by atoms with Crippen LogP contribution in [-0.4, -0.2) is 31.7 Å². The highest BCUT2D eigenvalue weighted by Gasteiger charge is 2.09. The van der Waals surface area contributed by atoms with Gasteiger partial charge in [0, 0.05) is 23.5 Å². The summed E-state index contributed by atoms with van der Waals surface area (Å²) in [5, 5.41) is 4.25. The Bertz CT molecular complexity index is 700. The van der Waals surface area contributed by atoms with Gasteiger partial charge in [-0.15, -0.1) is 11.3 Å². The third-order valence-electron chi connectivity index (χ3n) is 3.53. The molecule has 0 spiro atoms. The number of nitrogens with zero attached hydrogens (tertiary/aromatic N) is 2. The van der Waals surface area contributed by atoms with Crippen molar-refractivity contribution in [1.29, 1.82) is 0 Å². The van der Waals surface area contributed by atoms with Gasteiger partial charge in [-0.2, -0.15) is 0 Å². The number of benzene rings is 1. The van der Waals surface area contributed by atoms with Crippen LogP contribution in [0.15, 0.2) is 29.4 Å². The summed E-state index contributed by atoms with van der Waals surface area (Å²) < 4.78 is 10.5. The largest absolute Gasteiger partial charge is 0.493 e. The zero-order chi connectivity index (χ0) is 17.5. The zero-order valence-electron chi connectivity index (χ0n) is 14.5. The molecule has 130 valence electrons. The van der Waals surface area contributed by atoms with Crippen LogP contribution < -0.4 is 20.5 Å². The van der Waals surface area contributed by atoms with Crippen molar-refractivity contribution in [3.05, 3.63) is 39.8 Å². The zero-order valence-corrected chi connectivity index (χ0v) is 15.3. The van der Waals surface area contributed by atoms with Gasteiger partial charge in [0.1, 0.15) is 0 Å². The number of rotatable bonds is 7. The Labute approximate surface area is 146 Å². The van der Waals surface area contributed by atoms with Crippen LogP contribution in [-0.2, 0) is 6.54 Å². The van der Waals surface area contributed by atoms with Crippen LogP contribution in [0.25, 0.3) is 0 Å². The molecule has 0 aliphatic carbocycles. The SMILES string of the molecule is COc1ccc(CN=C(N)NCC(C)c2ncc(C)s2)cc1OC. The van der Waals surface area contributed by atoms with Crippen LogP contribution in [0.1, 0.15) is 28.3 Å². The Kier molecular flexibility index (Phi) is 6.43. The lowest BCUT2D eigenvalue weighted by Gasteiger charge is -2.11. The number of thiazole rings is 1. The van der Waals surface area contributed by atoms with Crippen molar-refractivity contribution in [2.45, 2.75) is 26.3 Å². The molecule has 1 aromatic carbocycles. The van der Waals surface area contributed by atoms with E-state index in [9.17, 15) is 0 Å². The number of guanidine groups is 1. The first-order valence-corrected chi connectivity index (χ1v) is 8.52. The second-order valence-electron chi connectivity index (χ2n) is 5.48. The van der Waals surface area contributed by atoms with Gasteiger partial charge in [-0.25, -0.2) is 9.98 Å². The number of hydrogen-bond acceptors (Lipinski definition) is 5. The van der Waals surface area contributed by atoms with E-state index in [0.717, 1.165) is 10.6 Å². The van der Waals surface area contributed by atoms with Crippen molar-refractivity contribution in [1.82, 2.24) is 10.3 Å². The molecule has 0 fully saturated rings. The van der Waals surface area contributed by atoms with Gasteiger partial charge in [0.05, 0.1) is 25.8 Å². The van der Waals surface area contributed by atoms with Crippen molar-refractivity contribution in [2.75, 3.05) is 20.8 Å². The number of nitrogens with one attached hydrogen (secondary N) is 1. The molecule has 1 unspecified atom stereocenters. The minimum atomic E-state index is 0.290. The van der Waals surface area contributed by atoms with Gasteiger partial charge in [-0.05, 0) is 24.6 Å². The van der Waals surface area contributed by atoms with Crippen molar-refractivity contribution >= 4 is 17.3 Å². The Hall–Kier alpha value is -2.28. The van der Waals surface area contributed by atoms with Crippen LogP contribution in [0.3, 0.4) is 0 Å². The molecule has 1 atom stereocenters. The maximum absolute atomic E-state index is 5.95. The molecular weight excluding hydrogens is 324 g/mol. The van der Waals surface area contributed by atoms with E-state index < -0.39 is 0 Å². The van der Waals surface area contributed by atoms with Crippen LogP contribution in [0.2, 0.25) is 0 Å². The average molecular weight is 348 g/mol. The smallest absolute Gasteiger partial charge is 0.188 e. The van der Waals surface area contributed by atoms with Crippen LogP contribution >= 0.6 is 11.3 Å². The molecule has 0 saturated heterocycles. The lowest BCUT2D eigenvalue weighted by atomic mass is 10.2. The van der Waals surface area contributed by atoms with E-state index >= 15 is 0 Å². The van der Waals surface area contributed by atoms with E-state index in [1.807, 2.05) is 24.4 Å². The minimum absolute atomic E-state index is 0.290. The molecule has 1 heterocycles. The van der Waals surface area contributed by atoms with Crippen LogP contribution in [0.4, 0.5) is 0 Å². The van der Waals surface area contributed by atoms with Gasteiger partial charge < -0.3 is 20.5 Å². The molecule has 0 saturated carbocycles. The Balaban J connectivity index is 1.89. The summed E-state index contributed by atoms with van der Waals surface area (Å²) in [7, 11) is 3.23. The molecule has 0 aliphatic heterocycles. The molecule has 0 bridgehead atoms. The fourth-order valence-corrected chi connectivity index (χ4v) is 2.98. The van der Waals surface area contributed by atoms with Crippen LogP contribution in [0, 0.1) is 6.92 Å². The fourth-order valence-electron chi connectivity index (χ4n) is 2.16. The number of aryl methyl sites for hydroxylation is 1. The summed E-state index contributed by atoms with van der Waals surface area (Å²) in [5.74, 6) is 2.09. The molecular formula is C17H24N4O2S. The molecule has 24 heavy (non-hydrogen) atoms. The maximum atomic E-state index is 5.95. The average Bonchev–Trinajstić information content (AvgIpc) is 3.04. The first kappa shape index (κ1) is 18.1. The molecule has 3 N–H and O–H groups in total. The number of nitrogens with two attached hydrogens (primary N) is 1. The van der Waals surface area contributed by atoms with Gasteiger partial charge >= 0.3 is 0 Å². The van der Waals surface area contributed by atoms with E-state index in [1.165, 1.54) is 4.88 Å². The summed E-state index contributed by atoms with van der Waals surface area (Å²) in [6.07, 6.45) is 1.89. The Morgan fingerprint density at radius 1 is 1.33 bits per heavy atom. The van der Waals surface area contributed by atoms with Crippen molar-refractivity contribution in [3.63, 3.8) is 0 Å². The van der Waals surface area contributed by atoms with Crippen LogP contribution in [0.5, 0.6) is 11.5 Å². The standard InChI is InChI=1S/C17H24N4O2S/c1-11(16-19-9-12(2)24-16)8-20-17(18)21-10-13-5-6-14(22-3)15(7-13)23-4/h5-7,9,11H,8,10H2,1-4H3,(H3,18,20,21). The summed E-state index contributed by atoms with van der Waals surface area (Å²) in [6.45, 7) is 5.35. The number of methoxy groups -OCH3 is 2. The topological polar surface area (TPSA) is 81.8 Å². The van der Waals surface area contributed by atoms with Gasteiger partial charge in [0.2, 0.25) is 0 Å². The number of ether oxygens (including phenoxy) is 2. The summed E-state index contributed by atoms with van der Waals surface area (Å²) in [5.41, 5.74) is 6.95. The van der Waals surface area contributed by atoms with E-state index in [-0.39, 0.29) is 0 Å². The van der Waals surface area contributed by atoms with Gasteiger partial charge in [0.15, 0.2) is 17.5 Å². The lowest BCUT2D eigenvalue weighted by molar-refractivity contribution is 0.354. The molecule has 7 heteroatoms. The molecule has 0 amide bonds. The van der Waals surface area contributed by atoms with Crippen molar-refractivity contribution < 1.29 is 9.47 Å². The normalized spacial score (nSPS) is 12.8. The Morgan fingerprint density at radius 2 is 2.08 bits per heavy atom. The summed E-state index contributed by atoms with van der Waals surface area (Å²) in [6, 6.07) is 5.70. The van der Waals surface area contributed by atoms with E-state index in [2.05, 4.69) is 29.1 Å². The quantitative estimate of drug-likeness (QED) is 0.594. The summed E-state index contributed by atoms with van der Waals surface area (Å²) >= 11 is 1.71. The predicted octanol–water partition coefficient (Wildman–Crippen LogP) is 2.68. The van der Waals surface area contributed by atoms with Gasteiger partial charge in [0.25, 0.3) is 0 Å². The fraction of sp³-hybridized carbons (Fsp3) is 0.412. The molecule has 1 aromatic heterocycles. The second-order valence-corrected chi connectivity index (χ2v) is 6.75. The number of hydrogen-bond donors (Lipinski definition) is 2. The van der Waals surface area contributed by atoms with Gasteiger partial charge in [-0.3, -0.25) is 0 Å². The second kappa shape index (κ2) is 8.54. The third-order valence-corrected chi connectivity index (χ3v) is 4.67.